The van der Waals surface area contributed by atoms with Gasteiger partial charge >= 0.3 is 5.97 Å². The van der Waals surface area contributed by atoms with Gasteiger partial charge in [0.25, 0.3) is 5.56 Å². The fraction of sp³-hybridized carbons (Fsp3) is 0.0833. The van der Waals surface area contributed by atoms with Crippen LogP contribution < -0.4 is 5.56 Å². The zero-order valence-corrected chi connectivity index (χ0v) is 10.2. The van der Waals surface area contributed by atoms with Gasteiger partial charge in [0.05, 0.1) is 16.5 Å². The number of carboxylic acids is 1. The maximum atomic E-state index is 12.4. The van der Waals surface area contributed by atoms with Crippen LogP contribution >= 0.6 is 11.3 Å². The minimum atomic E-state index is -1.12. The van der Waals surface area contributed by atoms with E-state index in [1.54, 1.807) is 19.1 Å². The van der Waals surface area contributed by atoms with Crippen LogP contribution in [0, 0.1) is 6.92 Å². The highest BCUT2D eigenvalue weighted by atomic mass is 32.1. The number of aromatic carboxylic acids is 1. The molecule has 0 spiro atoms. The van der Waals surface area contributed by atoms with Crippen LogP contribution in [-0.4, -0.2) is 20.5 Å². The summed E-state index contributed by atoms with van der Waals surface area (Å²) in [6.07, 6.45) is 0. The van der Waals surface area contributed by atoms with Gasteiger partial charge in [-0.1, -0.05) is 6.07 Å². The monoisotopic (exact) mass is 260 g/mol. The first-order valence-electron chi connectivity index (χ1n) is 5.22. The summed E-state index contributed by atoms with van der Waals surface area (Å²) in [6.45, 7) is 1.79. The van der Waals surface area contributed by atoms with E-state index in [0.29, 0.717) is 10.5 Å². The van der Waals surface area contributed by atoms with Crippen LogP contribution in [0.15, 0.2) is 28.4 Å². The fourth-order valence-corrected chi connectivity index (χ4v) is 2.83. The van der Waals surface area contributed by atoms with Crippen LogP contribution in [0.4, 0.5) is 0 Å². The van der Waals surface area contributed by atoms with Crippen molar-refractivity contribution in [2.75, 3.05) is 0 Å². The number of hydrogen-bond donors (Lipinski definition) is 1. The van der Waals surface area contributed by atoms with Crippen LogP contribution in [0.2, 0.25) is 0 Å². The Hall–Kier alpha value is -2.21. The van der Waals surface area contributed by atoms with Gasteiger partial charge in [0.1, 0.15) is 0 Å². The topological polar surface area (TPSA) is 71.7 Å². The van der Waals surface area contributed by atoms with Crippen molar-refractivity contribution in [2.24, 2.45) is 0 Å². The largest absolute Gasteiger partial charge is 0.478 e. The van der Waals surface area contributed by atoms with Crippen molar-refractivity contribution in [3.05, 3.63) is 45.2 Å². The second-order valence-corrected chi connectivity index (χ2v) is 4.75. The second-order valence-electron chi connectivity index (χ2n) is 3.92. The number of carbonyl (C=O) groups is 1. The van der Waals surface area contributed by atoms with Gasteiger partial charge in [-0.05, 0) is 19.1 Å². The highest BCUT2D eigenvalue weighted by molar-refractivity contribution is 7.15. The lowest BCUT2D eigenvalue weighted by Gasteiger charge is -2.02. The average Bonchev–Trinajstić information content (AvgIpc) is 2.70. The van der Waals surface area contributed by atoms with Gasteiger partial charge in [-0.2, -0.15) is 0 Å². The summed E-state index contributed by atoms with van der Waals surface area (Å²) in [4.78, 5) is 28.4. The maximum absolute atomic E-state index is 12.4. The minimum Gasteiger partial charge on any atom is -0.478 e. The standard InChI is InChI=1S/C12H8N2O3S/c1-6-5-18-12-13-8-4-2-3-7(11(16)17)9(8)10(15)14(6)12/h2-5H,1H3,(H,16,17). The molecule has 6 heteroatoms. The van der Waals surface area contributed by atoms with Crippen LogP contribution in [0.1, 0.15) is 16.1 Å². The highest BCUT2D eigenvalue weighted by Crippen LogP contribution is 2.18. The summed E-state index contributed by atoms with van der Waals surface area (Å²) >= 11 is 1.36. The number of aryl methyl sites for hydroxylation is 1. The number of carboxylic acid groups (broad SMARTS) is 1. The summed E-state index contributed by atoms with van der Waals surface area (Å²) < 4.78 is 1.44. The van der Waals surface area contributed by atoms with Crippen molar-refractivity contribution in [2.45, 2.75) is 6.92 Å². The van der Waals surface area contributed by atoms with Crippen molar-refractivity contribution >= 4 is 33.2 Å². The Balaban J connectivity index is 2.64. The van der Waals surface area contributed by atoms with Crippen molar-refractivity contribution in [1.29, 1.82) is 0 Å². The number of aromatic nitrogens is 2. The number of nitrogens with zero attached hydrogens (tertiary/aromatic N) is 2. The molecule has 0 amide bonds. The maximum Gasteiger partial charge on any atom is 0.336 e. The lowest BCUT2D eigenvalue weighted by molar-refractivity contribution is 0.0699. The molecule has 0 aliphatic rings. The molecule has 0 bridgehead atoms. The normalized spacial score (nSPS) is 11.2. The van der Waals surface area contributed by atoms with E-state index in [-0.39, 0.29) is 16.5 Å². The van der Waals surface area contributed by atoms with Gasteiger partial charge < -0.3 is 5.11 Å². The molecule has 1 N–H and O–H groups in total. The van der Waals surface area contributed by atoms with E-state index in [1.807, 2.05) is 5.38 Å². The molecule has 0 saturated heterocycles. The predicted octanol–water partition coefficient (Wildman–Crippen LogP) is 1.92. The molecule has 0 saturated carbocycles. The fourth-order valence-electron chi connectivity index (χ4n) is 1.97. The Morgan fingerprint density at radius 2 is 2.22 bits per heavy atom. The van der Waals surface area contributed by atoms with E-state index in [9.17, 15) is 9.59 Å². The number of rotatable bonds is 1. The van der Waals surface area contributed by atoms with Crippen molar-refractivity contribution in [3.63, 3.8) is 0 Å². The first-order chi connectivity index (χ1) is 8.59. The molecule has 2 aromatic heterocycles. The van der Waals surface area contributed by atoms with Gasteiger partial charge in [0.2, 0.25) is 0 Å². The van der Waals surface area contributed by atoms with Gasteiger partial charge in [-0.15, -0.1) is 11.3 Å². The van der Waals surface area contributed by atoms with Crippen LogP contribution in [-0.2, 0) is 0 Å². The quantitative estimate of drug-likeness (QED) is 0.725. The van der Waals surface area contributed by atoms with Gasteiger partial charge in [-0.25, -0.2) is 9.78 Å². The Morgan fingerprint density at radius 1 is 1.44 bits per heavy atom. The van der Waals surface area contributed by atoms with Crippen molar-refractivity contribution in [1.82, 2.24) is 9.38 Å². The molecule has 3 aromatic rings. The van der Waals surface area contributed by atoms with Gasteiger partial charge in [-0.3, -0.25) is 9.20 Å². The van der Waals surface area contributed by atoms with Crippen LogP contribution in [0.5, 0.6) is 0 Å². The van der Waals surface area contributed by atoms with Gasteiger partial charge in [0.15, 0.2) is 4.96 Å². The third-order valence-corrected chi connectivity index (χ3v) is 3.73. The van der Waals surface area contributed by atoms with E-state index in [0.717, 1.165) is 5.69 Å². The third-order valence-electron chi connectivity index (χ3n) is 2.78. The minimum absolute atomic E-state index is 0.00926. The zero-order chi connectivity index (χ0) is 12.9. The lowest BCUT2D eigenvalue weighted by atomic mass is 10.1. The van der Waals surface area contributed by atoms with Crippen molar-refractivity contribution < 1.29 is 9.90 Å². The van der Waals surface area contributed by atoms with E-state index < -0.39 is 5.97 Å². The molecule has 18 heavy (non-hydrogen) atoms. The molecule has 0 radical (unpaired) electrons. The van der Waals surface area contributed by atoms with E-state index in [4.69, 9.17) is 5.11 Å². The van der Waals surface area contributed by atoms with Crippen LogP contribution in [0.25, 0.3) is 15.9 Å². The van der Waals surface area contributed by atoms with E-state index in [2.05, 4.69) is 4.98 Å². The molecule has 0 atom stereocenters. The summed E-state index contributed by atoms with van der Waals surface area (Å²) in [5.41, 5.74) is 0.841. The molecular formula is C12H8N2O3S. The molecule has 0 aliphatic heterocycles. The Kier molecular flexibility index (Phi) is 2.21. The number of thiazole rings is 1. The number of benzene rings is 1. The third kappa shape index (κ3) is 1.36. The molecular weight excluding hydrogens is 252 g/mol. The Morgan fingerprint density at radius 3 is 2.94 bits per heavy atom. The molecule has 90 valence electrons. The summed E-state index contributed by atoms with van der Waals surface area (Å²) in [6, 6.07) is 4.66. The first kappa shape index (κ1) is 10.9. The summed E-state index contributed by atoms with van der Waals surface area (Å²) in [7, 11) is 0. The molecule has 1 aromatic carbocycles. The molecule has 2 heterocycles. The van der Waals surface area contributed by atoms with Crippen LogP contribution in [0.3, 0.4) is 0 Å². The predicted molar refractivity (Wildman–Crippen MR) is 68.5 cm³/mol. The second kappa shape index (κ2) is 3.64. The zero-order valence-electron chi connectivity index (χ0n) is 9.38. The van der Waals surface area contributed by atoms with E-state index >= 15 is 0 Å². The number of hydrogen-bond acceptors (Lipinski definition) is 4. The summed E-state index contributed by atoms with van der Waals surface area (Å²) in [5, 5.41) is 11.1. The average molecular weight is 260 g/mol. The Bertz CT molecular complexity index is 848. The molecule has 0 fully saturated rings. The molecule has 0 unspecified atom stereocenters. The molecule has 0 aliphatic carbocycles. The summed E-state index contributed by atoms with van der Waals surface area (Å²) in [5.74, 6) is -1.12. The smallest absolute Gasteiger partial charge is 0.336 e. The van der Waals surface area contributed by atoms with Crippen molar-refractivity contribution in [3.8, 4) is 0 Å². The number of fused-ring (bicyclic) bond motifs is 2. The van der Waals surface area contributed by atoms with Gasteiger partial charge in [0, 0.05) is 11.1 Å². The molecule has 5 nitrogen and oxygen atoms in total. The first-order valence-corrected chi connectivity index (χ1v) is 6.10. The lowest BCUT2D eigenvalue weighted by Crippen LogP contribution is -2.17. The molecule has 3 rings (SSSR count). The van der Waals surface area contributed by atoms with E-state index in [1.165, 1.54) is 21.8 Å². The Labute approximate surface area is 105 Å². The highest BCUT2D eigenvalue weighted by Gasteiger charge is 2.15. The SMILES string of the molecule is Cc1csc2nc3cccc(C(=O)O)c3c(=O)n12.